The van der Waals surface area contributed by atoms with Gasteiger partial charge in [0.15, 0.2) is 0 Å². The second kappa shape index (κ2) is 5.04. The molecule has 0 heterocycles. The SMILES string of the molecule is CC(CO)(NCc1cc(Br)ccc1F)C1CC1. The molecule has 1 fully saturated rings. The van der Waals surface area contributed by atoms with Crippen molar-refractivity contribution in [2.75, 3.05) is 6.61 Å². The number of nitrogens with one attached hydrogen (secondary N) is 1. The Hall–Kier alpha value is -0.450. The van der Waals surface area contributed by atoms with Crippen LogP contribution in [0.1, 0.15) is 25.3 Å². The van der Waals surface area contributed by atoms with Crippen LogP contribution in [0.3, 0.4) is 0 Å². The molecule has 0 radical (unpaired) electrons. The molecule has 1 aliphatic rings. The topological polar surface area (TPSA) is 32.3 Å². The van der Waals surface area contributed by atoms with Gasteiger partial charge in [0.25, 0.3) is 0 Å². The van der Waals surface area contributed by atoms with Gasteiger partial charge in [-0.2, -0.15) is 0 Å². The maximum absolute atomic E-state index is 13.5. The third kappa shape index (κ3) is 3.06. The molecule has 2 N–H and O–H groups in total. The molecule has 1 aliphatic carbocycles. The third-order valence-electron chi connectivity index (χ3n) is 3.50. The molecule has 2 rings (SSSR count). The van der Waals surface area contributed by atoms with Gasteiger partial charge in [0.1, 0.15) is 5.82 Å². The van der Waals surface area contributed by atoms with Crippen molar-refractivity contribution in [1.82, 2.24) is 5.32 Å². The predicted octanol–water partition coefficient (Wildman–Crippen LogP) is 2.84. The Morgan fingerprint density at radius 2 is 2.24 bits per heavy atom. The second-order valence-electron chi connectivity index (χ2n) is 4.94. The van der Waals surface area contributed by atoms with Crippen LogP contribution in [-0.4, -0.2) is 17.3 Å². The lowest BCUT2D eigenvalue weighted by atomic mass is 9.96. The summed E-state index contributed by atoms with van der Waals surface area (Å²) < 4.78 is 14.4. The quantitative estimate of drug-likeness (QED) is 0.876. The van der Waals surface area contributed by atoms with Gasteiger partial charge < -0.3 is 10.4 Å². The van der Waals surface area contributed by atoms with Gasteiger partial charge >= 0.3 is 0 Å². The van der Waals surface area contributed by atoms with Crippen molar-refractivity contribution >= 4 is 15.9 Å². The van der Waals surface area contributed by atoms with Gasteiger partial charge in [-0.05, 0) is 43.9 Å². The molecule has 0 saturated heterocycles. The van der Waals surface area contributed by atoms with Crippen LogP contribution >= 0.6 is 15.9 Å². The summed E-state index contributed by atoms with van der Waals surface area (Å²) in [5.41, 5.74) is 0.342. The normalized spacial score (nSPS) is 19.1. The van der Waals surface area contributed by atoms with Gasteiger partial charge in [0.2, 0.25) is 0 Å². The van der Waals surface area contributed by atoms with Gasteiger partial charge in [0, 0.05) is 22.1 Å². The van der Waals surface area contributed by atoms with Crippen LogP contribution in [-0.2, 0) is 6.54 Å². The first-order valence-corrected chi connectivity index (χ1v) is 6.64. The van der Waals surface area contributed by atoms with E-state index in [-0.39, 0.29) is 18.0 Å². The molecular formula is C13H17BrFNO. The van der Waals surface area contributed by atoms with E-state index in [4.69, 9.17) is 0 Å². The molecule has 0 bridgehead atoms. The number of hydrogen-bond donors (Lipinski definition) is 2. The molecule has 1 atom stereocenters. The largest absolute Gasteiger partial charge is 0.394 e. The molecule has 1 saturated carbocycles. The minimum Gasteiger partial charge on any atom is -0.394 e. The maximum atomic E-state index is 13.5. The van der Waals surface area contributed by atoms with E-state index in [1.54, 1.807) is 12.1 Å². The van der Waals surface area contributed by atoms with E-state index >= 15 is 0 Å². The van der Waals surface area contributed by atoms with E-state index < -0.39 is 0 Å². The van der Waals surface area contributed by atoms with Crippen molar-refractivity contribution in [1.29, 1.82) is 0 Å². The van der Waals surface area contributed by atoms with E-state index in [1.807, 2.05) is 6.92 Å². The average Bonchev–Trinajstić information content (AvgIpc) is 3.14. The minimum absolute atomic E-state index is 0.0906. The summed E-state index contributed by atoms with van der Waals surface area (Å²) in [6, 6.07) is 4.91. The summed E-state index contributed by atoms with van der Waals surface area (Å²) in [6.07, 6.45) is 2.29. The molecular weight excluding hydrogens is 285 g/mol. The Morgan fingerprint density at radius 3 is 2.82 bits per heavy atom. The zero-order chi connectivity index (χ0) is 12.5. The lowest BCUT2D eigenvalue weighted by molar-refractivity contribution is 0.153. The van der Waals surface area contributed by atoms with Crippen molar-refractivity contribution in [2.24, 2.45) is 5.92 Å². The van der Waals surface area contributed by atoms with Crippen LogP contribution in [0.2, 0.25) is 0 Å². The first-order valence-electron chi connectivity index (χ1n) is 5.85. The van der Waals surface area contributed by atoms with E-state index in [2.05, 4.69) is 21.2 Å². The third-order valence-corrected chi connectivity index (χ3v) is 3.99. The summed E-state index contributed by atoms with van der Waals surface area (Å²) in [6.45, 7) is 2.53. The molecule has 0 amide bonds. The van der Waals surface area contributed by atoms with Crippen molar-refractivity contribution in [3.63, 3.8) is 0 Å². The first kappa shape index (κ1) is 13.0. The Bertz CT molecular complexity index is 408. The molecule has 0 aliphatic heterocycles. The summed E-state index contributed by atoms with van der Waals surface area (Å²) >= 11 is 3.33. The molecule has 2 nitrogen and oxygen atoms in total. The molecule has 1 aromatic carbocycles. The number of benzene rings is 1. The van der Waals surface area contributed by atoms with Crippen molar-refractivity contribution in [2.45, 2.75) is 31.8 Å². The highest BCUT2D eigenvalue weighted by molar-refractivity contribution is 9.10. The second-order valence-corrected chi connectivity index (χ2v) is 5.85. The smallest absolute Gasteiger partial charge is 0.127 e. The molecule has 1 aromatic rings. The van der Waals surface area contributed by atoms with Crippen molar-refractivity contribution in [3.8, 4) is 0 Å². The zero-order valence-corrected chi connectivity index (χ0v) is 11.4. The summed E-state index contributed by atoms with van der Waals surface area (Å²) in [5.74, 6) is 0.305. The van der Waals surface area contributed by atoms with Crippen LogP contribution < -0.4 is 5.32 Å². The van der Waals surface area contributed by atoms with E-state index in [0.717, 1.165) is 17.3 Å². The molecule has 1 unspecified atom stereocenters. The van der Waals surface area contributed by atoms with Gasteiger partial charge in [-0.15, -0.1) is 0 Å². The summed E-state index contributed by atoms with van der Waals surface area (Å²) in [4.78, 5) is 0. The van der Waals surface area contributed by atoms with Crippen LogP contribution in [0.5, 0.6) is 0 Å². The fourth-order valence-corrected chi connectivity index (χ4v) is 2.43. The standard InChI is InChI=1S/C13H17BrFNO/c1-13(8-17,10-2-3-10)16-7-9-6-11(14)4-5-12(9)15/h4-6,10,16-17H,2-3,7-8H2,1H3. The van der Waals surface area contributed by atoms with Gasteiger partial charge in [-0.25, -0.2) is 4.39 Å². The Kier molecular flexibility index (Phi) is 3.85. The predicted molar refractivity (Wildman–Crippen MR) is 69.2 cm³/mol. The van der Waals surface area contributed by atoms with E-state index in [1.165, 1.54) is 6.07 Å². The first-order chi connectivity index (χ1) is 8.05. The number of hydrogen-bond acceptors (Lipinski definition) is 2. The van der Waals surface area contributed by atoms with Crippen molar-refractivity contribution < 1.29 is 9.50 Å². The highest BCUT2D eigenvalue weighted by Crippen LogP contribution is 2.39. The van der Waals surface area contributed by atoms with Gasteiger partial charge in [-0.1, -0.05) is 15.9 Å². The fourth-order valence-electron chi connectivity index (χ4n) is 2.03. The molecule has 0 spiro atoms. The number of halogens is 2. The fraction of sp³-hybridized carbons (Fsp3) is 0.538. The Labute approximate surface area is 109 Å². The van der Waals surface area contributed by atoms with E-state index in [0.29, 0.717) is 18.0 Å². The summed E-state index contributed by atoms with van der Waals surface area (Å²) in [7, 11) is 0. The summed E-state index contributed by atoms with van der Waals surface area (Å²) in [5, 5.41) is 12.7. The Balaban J connectivity index is 2.03. The number of aliphatic hydroxyl groups excluding tert-OH is 1. The number of rotatable bonds is 5. The average molecular weight is 302 g/mol. The van der Waals surface area contributed by atoms with Gasteiger partial charge in [0.05, 0.1) is 6.61 Å². The molecule has 4 heteroatoms. The van der Waals surface area contributed by atoms with Crippen molar-refractivity contribution in [3.05, 3.63) is 34.1 Å². The number of aliphatic hydroxyl groups is 1. The van der Waals surface area contributed by atoms with Crippen LogP contribution in [0, 0.1) is 11.7 Å². The Morgan fingerprint density at radius 1 is 1.53 bits per heavy atom. The highest BCUT2D eigenvalue weighted by atomic mass is 79.9. The highest BCUT2D eigenvalue weighted by Gasteiger charge is 2.40. The zero-order valence-electron chi connectivity index (χ0n) is 9.84. The lowest BCUT2D eigenvalue weighted by Crippen LogP contribution is -2.47. The van der Waals surface area contributed by atoms with E-state index in [9.17, 15) is 9.50 Å². The maximum Gasteiger partial charge on any atom is 0.127 e. The molecule has 0 aromatic heterocycles. The van der Waals surface area contributed by atoms with Crippen LogP contribution in [0.25, 0.3) is 0 Å². The van der Waals surface area contributed by atoms with Crippen LogP contribution in [0.15, 0.2) is 22.7 Å². The van der Waals surface area contributed by atoms with Gasteiger partial charge in [-0.3, -0.25) is 0 Å². The lowest BCUT2D eigenvalue weighted by Gasteiger charge is -2.29. The monoisotopic (exact) mass is 301 g/mol. The molecule has 17 heavy (non-hydrogen) atoms. The van der Waals surface area contributed by atoms with Crippen LogP contribution in [0.4, 0.5) is 4.39 Å². The molecule has 94 valence electrons. The minimum atomic E-state index is -0.283.